The fourth-order valence-electron chi connectivity index (χ4n) is 0.822. The molecule has 0 fully saturated rings. The van der Waals surface area contributed by atoms with E-state index in [1.165, 1.54) is 12.3 Å². The quantitative estimate of drug-likeness (QED) is 0.740. The van der Waals surface area contributed by atoms with E-state index in [-0.39, 0.29) is 18.1 Å². The topological polar surface area (TPSA) is 42.4 Å². The summed E-state index contributed by atoms with van der Waals surface area (Å²) < 4.78 is 18.0. The second kappa shape index (κ2) is 4.01. The van der Waals surface area contributed by atoms with Crippen LogP contribution in [-0.2, 0) is 6.61 Å². The predicted molar refractivity (Wildman–Crippen MR) is 41.3 cm³/mol. The van der Waals surface area contributed by atoms with Gasteiger partial charge in [0.15, 0.2) is 5.82 Å². The molecule has 0 spiro atoms. The SMILES string of the molecule is CCOc1nccc(CO)c1F. The van der Waals surface area contributed by atoms with E-state index in [9.17, 15) is 4.39 Å². The molecule has 1 heterocycles. The van der Waals surface area contributed by atoms with E-state index in [1.807, 2.05) is 0 Å². The molecule has 4 heteroatoms. The van der Waals surface area contributed by atoms with Gasteiger partial charge in [-0.1, -0.05) is 0 Å². The molecule has 12 heavy (non-hydrogen) atoms. The van der Waals surface area contributed by atoms with Gasteiger partial charge in [-0.3, -0.25) is 0 Å². The van der Waals surface area contributed by atoms with E-state index in [1.54, 1.807) is 6.92 Å². The van der Waals surface area contributed by atoms with Crippen molar-refractivity contribution in [2.24, 2.45) is 0 Å². The highest BCUT2D eigenvalue weighted by Crippen LogP contribution is 2.16. The number of aliphatic hydroxyl groups is 1. The summed E-state index contributed by atoms with van der Waals surface area (Å²) in [5.74, 6) is -0.633. The Morgan fingerprint density at radius 1 is 1.67 bits per heavy atom. The van der Waals surface area contributed by atoms with Gasteiger partial charge in [0, 0.05) is 11.8 Å². The average molecular weight is 171 g/mol. The van der Waals surface area contributed by atoms with Crippen molar-refractivity contribution < 1.29 is 14.2 Å². The molecule has 0 aliphatic rings. The van der Waals surface area contributed by atoms with Crippen molar-refractivity contribution in [2.75, 3.05) is 6.61 Å². The minimum Gasteiger partial charge on any atom is -0.476 e. The van der Waals surface area contributed by atoms with Crippen molar-refractivity contribution in [1.82, 2.24) is 4.98 Å². The summed E-state index contributed by atoms with van der Waals surface area (Å²) in [6, 6.07) is 1.41. The maximum atomic E-state index is 13.1. The summed E-state index contributed by atoms with van der Waals surface area (Å²) in [5.41, 5.74) is 0.202. The second-order valence-corrected chi connectivity index (χ2v) is 2.18. The predicted octanol–water partition coefficient (Wildman–Crippen LogP) is 1.11. The molecule has 1 rings (SSSR count). The molecule has 0 bridgehead atoms. The number of pyridine rings is 1. The van der Waals surface area contributed by atoms with Crippen LogP contribution in [0.1, 0.15) is 12.5 Å². The number of hydrogen-bond donors (Lipinski definition) is 1. The normalized spacial score (nSPS) is 9.92. The number of rotatable bonds is 3. The Labute approximate surface area is 69.8 Å². The molecule has 0 atom stereocenters. The second-order valence-electron chi connectivity index (χ2n) is 2.18. The molecule has 66 valence electrons. The Morgan fingerprint density at radius 2 is 2.42 bits per heavy atom. The number of hydrogen-bond acceptors (Lipinski definition) is 3. The van der Waals surface area contributed by atoms with E-state index < -0.39 is 5.82 Å². The van der Waals surface area contributed by atoms with E-state index >= 15 is 0 Å². The lowest BCUT2D eigenvalue weighted by atomic mass is 10.3. The van der Waals surface area contributed by atoms with Crippen molar-refractivity contribution in [3.8, 4) is 5.88 Å². The summed E-state index contributed by atoms with van der Waals surface area (Å²) in [6.45, 7) is 1.76. The van der Waals surface area contributed by atoms with Crippen molar-refractivity contribution in [2.45, 2.75) is 13.5 Å². The molecule has 0 aliphatic carbocycles. The van der Waals surface area contributed by atoms with Gasteiger partial charge in [0.05, 0.1) is 13.2 Å². The maximum absolute atomic E-state index is 13.1. The van der Waals surface area contributed by atoms with Gasteiger partial charge in [0.25, 0.3) is 5.88 Å². The van der Waals surface area contributed by atoms with Gasteiger partial charge in [0.1, 0.15) is 0 Å². The average Bonchev–Trinajstić information content (AvgIpc) is 2.09. The fourth-order valence-corrected chi connectivity index (χ4v) is 0.822. The Kier molecular flexibility index (Phi) is 2.99. The Hall–Kier alpha value is -1.16. The van der Waals surface area contributed by atoms with Gasteiger partial charge in [-0.15, -0.1) is 0 Å². The first-order chi connectivity index (χ1) is 5.79. The highest BCUT2D eigenvalue weighted by Gasteiger charge is 2.08. The summed E-state index contributed by atoms with van der Waals surface area (Å²) in [7, 11) is 0. The zero-order chi connectivity index (χ0) is 8.97. The van der Waals surface area contributed by atoms with Gasteiger partial charge in [-0.05, 0) is 13.0 Å². The van der Waals surface area contributed by atoms with Crippen LogP contribution in [0.3, 0.4) is 0 Å². The van der Waals surface area contributed by atoms with Crippen LogP contribution in [0.15, 0.2) is 12.3 Å². The first-order valence-corrected chi connectivity index (χ1v) is 3.66. The largest absolute Gasteiger partial charge is 0.476 e. The maximum Gasteiger partial charge on any atom is 0.250 e. The first kappa shape index (κ1) is 8.93. The Bertz CT molecular complexity index is 265. The minimum absolute atomic E-state index is 0.0518. The third kappa shape index (κ3) is 1.71. The summed E-state index contributed by atoms with van der Waals surface area (Å²) in [5, 5.41) is 8.69. The number of nitrogens with zero attached hydrogens (tertiary/aromatic N) is 1. The van der Waals surface area contributed by atoms with Crippen molar-refractivity contribution in [1.29, 1.82) is 0 Å². The van der Waals surface area contributed by atoms with E-state index in [0.717, 1.165) is 0 Å². The fraction of sp³-hybridized carbons (Fsp3) is 0.375. The number of aromatic nitrogens is 1. The standard InChI is InChI=1S/C8H10FNO2/c1-2-12-8-7(9)6(5-11)3-4-10-8/h3-4,11H,2,5H2,1H3. The summed E-state index contributed by atoms with van der Waals surface area (Å²) >= 11 is 0. The third-order valence-electron chi connectivity index (χ3n) is 1.39. The molecule has 1 aromatic heterocycles. The van der Waals surface area contributed by atoms with E-state index in [4.69, 9.17) is 9.84 Å². The highest BCUT2D eigenvalue weighted by atomic mass is 19.1. The van der Waals surface area contributed by atoms with Crippen LogP contribution in [0.5, 0.6) is 5.88 Å². The lowest BCUT2D eigenvalue weighted by Gasteiger charge is -2.04. The van der Waals surface area contributed by atoms with Crippen LogP contribution < -0.4 is 4.74 Å². The minimum atomic E-state index is -0.582. The van der Waals surface area contributed by atoms with Gasteiger partial charge in [0.2, 0.25) is 0 Å². The first-order valence-electron chi connectivity index (χ1n) is 3.66. The zero-order valence-corrected chi connectivity index (χ0v) is 6.75. The lowest BCUT2D eigenvalue weighted by molar-refractivity contribution is 0.266. The smallest absolute Gasteiger partial charge is 0.250 e. The van der Waals surface area contributed by atoms with Gasteiger partial charge >= 0.3 is 0 Å². The molecule has 0 aliphatic heterocycles. The molecule has 1 N–H and O–H groups in total. The van der Waals surface area contributed by atoms with Crippen LogP contribution in [0.25, 0.3) is 0 Å². The van der Waals surface area contributed by atoms with Crippen molar-refractivity contribution >= 4 is 0 Å². The highest BCUT2D eigenvalue weighted by molar-refractivity contribution is 5.22. The molecular formula is C8H10FNO2. The van der Waals surface area contributed by atoms with Gasteiger partial charge in [-0.25, -0.2) is 9.37 Å². The molecule has 0 radical (unpaired) electrons. The number of aliphatic hydroxyl groups excluding tert-OH is 1. The van der Waals surface area contributed by atoms with Crippen LogP contribution in [0.4, 0.5) is 4.39 Å². The third-order valence-corrected chi connectivity index (χ3v) is 1.39. The summed E-state index contributed by atoms with van der Waals surface area (Å²) in [6.07, 6.45) is 1.40. The van der Waals surface area contributed by atoms with Crippen molar-refractivity contribution in [3.05, 3.63) is 23.6 Å². The van der Waals surface area contributed by atoms with E-state index in [2.05, 4.69) is 4.98 Å². The molecular weight excluding hydrogens is 161 g/mol. The lowest BCUT2D eigenvalue weighted by Crippen LogP contribution is -2.00. The van der Waals surface area contributed by atoms with Crippen molar-refractivity contribution in [3.63, 3.8) is 0 Å². The number of ether oxygens (including phenoxy) is 1. The number of halogens is 1. The molecule has 0 saturated carbocycles. The molecule has 1 aromatic rings. The molecule has 0 amide bonds. The van der Waals surface area contributed by atoms with E-state index in [0.29, 0.717) is 6.61 Å². The molecule has 0 saturated heterocycles. The Morgan fingerprint density at radius 3 is 3.00 bits per heavy atom. The molecule has 3 nitrogen and oxygen atoms in total. The molecule has 0 aromatic carbocycles. The van der Waals surface area contributed by atoms with Crippen LogP contribution in [-0.4, -0.2) is 16.7 Å². The monoisotopic (exact) mass is 171 g/mol. The van der Waals surface area contributed by atoms with Crippen LogP contribution in [0, 0.1) is 5.82 Å². The van der Waals surface area contributed by atoms with Crippen LogP contribution >= 0.6 is 0 Å². The molecule has 0 unspecified atom stereocenters. The Balaban J connectivity index is 2.97. The van der Waals surface area contributed by atoms with Gasteiger partial charge < -0.3 is 9.84 Å². The van der Waals surface area contributed by atoms with Crippen LogP contribution in [0.2, 0.25) is 0 Å². The summed E-state index contributed by atoms with van der Waals surface area (Å²) in [4.78, 5) is 3.67. The zero-order valence-electron chi connectivity index (χ0n) is 6.75. The van der Waals surface area contributed by atoms with Gasteiger partial charge in [-0.2, -0.15) is 0 Å².